The van der Waals surface area contributed by atoms with Gasteiger partial charge in [-0.25, -0.2) is 18.2 Å². The highest BCUT2D eigenvalue weighted by Crippen LogP contribution is 2.22. The molecule has 1 aromatic carbocycles. The van der Waals surface area contributed by atoms with Crippen molar-refractivity contribution in [3.63, 3.8) is 0 Å². The molecule has 2 N–H and O–H groups in total. The lowest BCUT2D eigenvalue weighted by Gasteiger charge is -2.02. The Balaban J connectivity index is 2.34. The van der Waals surface area contributed by atoms with Crippen LogP contribution in [0.2, 0.25) is 0 Å². The van der Waals surface area contributed by atoms with E-state index in [0.29, 0.717) is 22.1 Å². The molecule has 0 bridgehead atoms. The third-order valence-electron chi connectivity index (χ3n) is 2.03. The van der Waals surface area contributed by atoms with Crippen molar-refractivity contribution in [1.29, 1.82) is 0 Å². The summed E-state index contributed by atoms with van der Waals surface area (Å²) < 4.78 is 39.2. The van der Waals surface area contributed by atoms with E-state index in [1.54, 1.807) is 0 Å². The number of nitrogens with zero attached hydrogens (tertiary/aromatic N) is 1. The van der Waals surface area contributed by atoms with Gasteiger partial charge in [-0.15, -0.1) is 11.3 Å². The van der Waals surface area contributed by atoms with E-state index in [9.17, 15) is 13.2 Å². The van der Waals surface area contributed by atoms with Crippen molar-refractivity contribution in [2.24, 2.45) is 0 Å². The van der Waals surface area contributed by atoms with Crippen molar-refractivity contribution in [3.05, 3.63) is 46.2 Å². The highest BCUT2D eigenvalue weighted by molar-refractivity contribution is 7.15. The summed E-state index contributed by atoms with van der Waals surface area (Å²) in [6.45, 7) is 0. The Hall–Kier alpha value is -1.56. The molecule has 1 aromatic heterocycles. The van der Waals surface area contributed by atoms with Crippen LogP contribution in [0.5, 0.6) is 0 Å². The normalized spacial score (nSPS) is 10.7. The van der Waals surface area contributed by atoms with Crippen molar-refractivity contribution < 1.29 is 13.2 Å². The minimum Gasteiger partial charge on any atom is -0.375 e. The Morgan fingerprint density at radius 1 is 1.19 bits per heavy atom. The maximum Gasteiger partial charge on any atom is 0.180 e. The van der Waals surface area contributed by atoms with Gasteiger partial charge >= 0.3 is 0 Å². The van der Waals surface area contributed by atoms with Gasteiger partial charge in [-0.05, 0) is 0 Å². The van der Waals surface area contributed by atoms with Crippen LogP contribution in [-0.2, 0) is 6.42 Å². The molecule has 0 unspecified atom stereocenters. The fraction of sp³-hybridized carbons (Fsp3) is 0.100. The third-order valence-corrected chi connectivity index (χ3v) is 2.85. The van der Waals surface area contributed by atoms with E-state index in [-0.39, 0.29) is 12.0 Å². The van der Waals surface area contributed by atoms with Gasteiger partial charge in [0.1, 0.15) is 17.5 Å². The van der Waals surface area contributed by atoms with Gasteiger partial charge in [-0.2, -0.15) is 0 Å². The molecular weight excluding hydrogens is 237 g/mol. The molecule has 2 nitrogen and oxygen atoms in total. The van der Waals surface area contributed by atoms with Gasteiger partial charge in [0.15, 0.2) is 5.13 Å². The van der Waals surface area contributed by atoms with Crippen LogP contribution >= 0.6 is 11.3 Å². The predicted octanol–water partition coefficient (Wildman–Crippen LogP) is 2.73. The van der Waals surface area contributed by atoms with E-state index in [1.807, 2.05) is 0 Å². The van der Waals surface area contributed by atoms with Gasteiger partial charge in [-0.3, -0.25) is 0 Å². The molecule has 84 valence electrons. The zero-order valence-electron chi connectivity index (χ0n) is 8.01. The molecule has 1 heterocycles. The largest absolute Gasteiger partial charge is 0.375 e. The smallest absolute Gasteiger partial charge is 0.180 e. The van der Waals surface area contributed by atoms with Crippen LogP contribution in [0.3, 0.4) is 0 Å². The number of anilines is 1. The maximum absolute atomic E-state index is 13.3. The molecule has 0 spiro atoms. The molecule has 0 saturated carbocycles. The number of aromatic nitrogens is 1. The number of hydrogen-bond acceptors (Lipinski definition) is 3. The van der Waals surface area contributed by atoms with Crippen LogP contribution < -0.4 is 5.73 Å². The Bertz CT molecular complexity index is 502. The van der Waals surface area contributed by atoms with Crippen LogP contribution in [0, 0.1) is 17.5 Å². The Morgan fingerprint density at radius 2 is 1.81 bits per heavy atom. The van der Waals surface area contributed by atoms with Crippen LogP contribution in [0.25, 0.3) is 0 Å². The number of benzene rings is 1. The lowest BCUT2D eigenvalue weighted by atomic mass is 10.1. The summed E-state index contributed by atoms with van der Waals surface area (Å²) >= 11 is 1.14. The summed E-state index contributed by atoms with van der Waals surface area (Å²) in [5.41, 5.74) is 5.22. The number of halogens is 3. The highest BCUT2D eigenvalue weighted by Gasteiger charge is 2.13. The lowest BCUT2D eigenvalue weighted by molar-refractivity contribution is 0.528. The van der Waals surface area contributed by atoms with E-state index in [2.05, 4.69) is 4.98 Å². The molecule has 0 radical (unpaired) electrons. The third kappa shape index (κ3) is 2.16. The van der Waals surface area contributed by atoms with Gasteiger partial charge in [0, 0.05) is 35.2 Å². The SMILES string of the molecule is Nc1ncc(Cc2c(F)cc(F)cc2F)s1. The topological polar surface area (TPSA) is 38.9 Å². The van der Waals surface area contributed by atoms with Gasteiger partial charge in [0.25, 0.3) is 0 Å². The second kappa shape index (κ2) is 4.13. The van der Waals surface area contributed by atoms with Gasteiger partial charge in [0.2, 0.25) is 0 Å². The molecule has 6 heteroatoms. The summed E-state index contributed by atoms with van der Waals surface area (Å²) in [6.07, 6.45) is 1.47. The number of thiazole rings is 1. The van der Waals surface area contributed by atoms with Crippen molar-refractivity contribution in [2.75, 3.05) is 5.73 Å². The summed E-state index contributed by atoms with van der Waals surface area (Å²) in [5.74, 6) is -2.73. The fourth-order valence-electron chi connectivity index (χ4n) is 1.32. The molecular formula is C10H7F3N2S. The molecule has 0 fully saturated rings. The lowest BCUT2D eigenvalue weighted by Crippen LogP contribution is -1.97. The van der Waals surface area contributed by atoms with Gasteiger partial charge < -0.3 is 5.73 Å². The molecule has 2 rings (SSSR count). The number of nitrogens with two attached hydrogens (primary N) is 1. The van der Waals surface area contributed by atoms with Gasteiger partial charge in [-0.1, -0.05) is 0 Å². The summed E-state index contributed by atoms with van der Waals surface area (Å²) in [5, 5.41) is 0.331. The average Bonchev–Trinajstić information content (AvgIpc) is 2.58. The van der Waals surface area contributed by atoms with E-state index >= 15 is 0 Å². The Morgan fingerprint density at radius 3 is 2.31 bits per heavy atom. The van der Waals surface area contributed by atoms with Crippen LogP contribution in [0.4, 0.5) is 18.3 Å². The molecule has 0 atom stereocenters. The summed E-state index contributed by atoms with van der Waals surface area (Å²) in [7, 11) is 0. The molecule has 16 heavy (non-hydrogen) atoms. The zero-order chi connectivity index (χ0) is 11.7. The molecule has 2 aromatic rings. The van der Waals surface area contributed by atoms with E-state index in [1.165, 1.54) is 6.20 Å². The maximum atomic E-state index is 13.3. The molecule has 0 aliphatic heterocycles. The average molecular weight is 244 g/mol. The molecule has 0 saturated heterocycles. The number of hydrogen-bond donors (Lipinski definition) is 1. The first-order valence-corrected chi connectivity index (χ1v) is 5.21. The first-order valence-electron chi connectivity index (χ1n) is 4.40. The Kier molecular flexibility index (Phi) is 2.82. The second-order valence-electron chi connectivity index (χ2n) is 3.19. The first-order chi connectivity index (χ1) is 7.56. The molecule has 0 amide bonds. The van der Waals surface area contributed by atoms with Crippen LogP contribution in [0.15, 0.2) is 18.3 Å². The standard InChI is InChI=1S/C10H7F3N2S/c11-5-1-8(12)7(9(13)2-5)3-6-4-15-10(14)16-6/h1-2,4H,3H2,(H2,14,15). The van der Waals surface area contributed by atoms with Gasteiger partial charge in [0.05, 0.1) is 0 Å². The zero-order valence-corrected chi connectivity index (χ0v) is 8.82. The minimum absolute atomic E-state index is 0.0206. The van der Waals surface area contributed by atoms with E-state index in [4.69, 9.17) is 5.73 Å². The van der Waals surface area contributed by atoms with Crippen molar-refractivity contribution >= 4 is 16.5 Å². The summed E-state index contributed by atoms with van der Waals surface area (Å²) in [6, 6.07) is 1.31. The first kappa shape index (κ1) is 10.9. The van der Waals surface area contributed by atoms with E-state index in [0.717, 1.165) is 11.3 Å². The number of rotatable bonds is 2. The fourth-order valence-corrected chi connectivity index (χ4v) is 2.02. The van der Waals surface area contributed by atoms with Crippen molar-refractivity contribution in [3.8, 4) is 0 Å². The monoisotopic (exact) mass is 244 g/mol. The van der Waals surface area contributed by atoms with E-state index < -0.39 is 17.5 Å². The Labute approximate surface area is 93.5 Å². The predicted molar refractivity (Wildman–Crippen MR) is 55.6 cm³/mol. The quantitative estimate of drug-likeness (QED) is 0.882. The summed E-state index contributed by atoms with van der Waals surface area (Å²) in [4.78, 5) is 4.39. The minimum atomic E-state index is -0.928. The number of nitrogen functional groups attached to an aromatic ring is 1. The molecule has 0 aliphatic rings. The van der Waals surface area contributed by atoms with Crippen LogP contribution in [0.1, 0.15) is 10.4 Å². The highest BCUT2D eigenvalue weighted by atomic mass is 32.1. The molecule has 0 aliphatic carbocycles. The van der Waals surface area contributed by atoms with Crippen molar-refractivity contribution in [2.45, 2.75) is 6.42 Å². The second-order valence-corrected chi connectivity index (χ2v) is 4.34. The van der Waals surface area contributed by atoms with Crippen LogP contribution in [-0.4, -0.2) is 4.98 Å². The van der Waals surface area contributed by atoms with Crippen molar-refractivity contribution in [1.82, 2.24) is 4.98 Å².